The number of hydrogen-bond acceptors (Lipinski definition) is 6. The third kappa shape index (κ3) is 5.24. The lowest BCUT2D eigenvalue weighted by atomic mass is 9.77. The van der Waals surface area contributed by atoms with E-state index in [1.54, 1.807) is 60.8 Å². The molecule has 2 atom stereocenters. The van der Waals surface area contributed by atoms with Gasteiger partial charge >= 0.3 is 0 Å². The molecule has 2 heterocycles. The van der Waals surface area contributed by atoms with Gasteiger partial charge in [0, 0.05) is 18.0 Å². The molecule has 0 fully saturated rings. The van der Waals surface area contributed by atoms with Gasteiger partial charge in [0.1, 0.15) is 30.0 Å². The van der Waals surface area contributed by atoms with Gasteiger partial charge in [0.25, 0.3) is 0 Å². The monoisotopic (exact) mass is 510 g/mol. The number of ketones is 1. The second-order valence-electron chi connectivity index (χ2n) is 9.24. The Hall–Kier alpha value is -3.66. The molecule has 7 nitrogen and oxygen atoms in total. The first-order valence-corrected chi connectivity index (χ1v) is 11.8. The molecular weight excluding hydrogens is 482 g/mol. The second-order valence-corrected chi connectivity index (χ2v) is 9.24. The number of Topliss-reactive ketones (excluding diaryl/α,β-unsaturated/α-hetero) is 1. The van der Waals surface area contributed by atoms with E-state index in [-0.39, 0.29) is 36.7 Å². The summed E-state index contributed by atoms with van der Waals surface area (Å²) in [5, 5.41) is 29.5. The molecule has 4 rings (SSSR count). The van der Waals surface area contributed by atoms with Crippen LogP contribution in [-0.4, -0.2) is 43.7 Å². The van der Waals surface area contributed by atoms with E-state index in [4.69, 9.17) is 4.74 Å². The van der Waals surface area contributed by atoms with Crippen LogP contribution in [0.4, 0.5) is 8.78 Å². The number of fused-ring (bicyclic) bond motifs is 1. The summed E-state index contributed by atoms with van der Waals surface area (Å²) in [4.78, 5) is 18.0. The average Bonchev–Trinajstić information content (AvgIpc) is 3.24. The molecule has 2 aromatic carbocycles. The van der Waals surface area contributed by atoms with Crippen molar-refractivity contribution in [1.29, 1.82) is 0 Å². The lowest BCUT2D eigenvalue weighted by molar-refractivity contribution is 0.0908. The van der Waals surface area contributed by atoms with E-state index in [9.17, 15) is 28.9 Å². The normalized spacial score (nSPS) is 13.9. The van der Waals surface area contributed by atoms with Gasteiger partial charge < -0.3 is 20.1 Å². The van der Waals surface area contributed by atoms with Crippen LogP contribution in [0.5, 0.6) is 5.75 Å². The van der Waals surface area contributed by atoms with Crippen molar-refractivity contribution in [3.63, 3.8) is 0 Å². The van der Waals surface area contributed by atoms with Crippen molar-refractivity contribution in [1.82, 2.24) is 9.38 Å². The number of pyridine rings is 1. The molecule has 0 aliphatic rings. The molecule has 0 aliphatic carbocycles. The Morgan fingerprint density at radius 1 is 1.11 bits per heavy atom. The maximum absolute atomic E-state index is 14.0. The molecule has 4 aromatic rings. The van der Waals surface area contributed by atoms with Crippen molar-refractivity contribution in [2.75, 3.05) is 13.2 Å². The van der Waals surface area contributed by atoms with Gasteiger partial charge in [-0.25, -0.2) is 13.8 Å². The van der Waals surface area contributed by atoms with E-state index in [1.807, 2.05) is 0 Å². The molecule has 0 spiro atoms. The standard InChI is InChI=1S/C28H28F2N2O5/c1-17-26(23(35)13-28(2,16-34)19-7-3-6-18(12-19)24(36)14-33)32-11-5-10-25(27(32)31-17)37-15-20-21(29)8-4-9-22(20)30/h3-12,24,33-34,36H,13-16H2,1-2H3/t24-,28?/m0/s1. The molecule has 194 valence electrons. The average molecular weight is 511 g/mol. The van der Waals surface area contributed by atoms with Crippen molar-refractivity contribution < 1.29 is 33.6 Å². The SMILES string of the molecule is Cc1nc2c(OCc3c(F)cccc3F)cccn2c1C(=O)CC(C)(CO)c1cccc([C@@H](O)CO)c1. The van der Waals surface area contributed by atoms with Crippen molar-refractivity contribution in [2.45, 2.75) is 38.4 Å². The molecule has 9 heteroatoms. The molecule has 3 N–H and O–H groups in total. The summed E-state index contributed by atoms with van der Waals surface area (Å²) in [5.74, 6) is -1.47. The first kappa shape index (κ1) is 26.4. The van der Waals surface area contributed by atoms with Crippen LogP contribution in [0, 0.1) is 18.6 Å². The maximum Gasteiger partial charge on any atom is 0.182 e. The number of rotatable bonds is 10. The number of hydrogen-bond donors (Lipinski definition) is 3. The fourth-order valence-corrected chi connectivity index (χ4v) is 4.34. The first-order valence-electron chi connectivity index (χ1n) is 11.8. The van der Waals surface area contributed by atoms with Gasteiger partial charge in [-0.2, -0.15) is 0 Å². The number of benzene rings is 2. The summed E-state index contributed by atoms with van der Waals surface area (Å²) >= 11 is 0. The second kappa shape index (κ2) is 10.8. The van der Waals surface area contributed by atoms with E-state index in [1.165, 1.54) is 6.07 Å². The molecule has 0 radical (unpaired) electrons. The quantitative estimate of drug-likeness (QED) is 0.278. The molecule has 1 unspecified atom stereocenters. The van der Waals surface area contributed by atoms with Crippen molar-refractivity contribution in [3.05, 3.63) is 101 Å². The van der Waals surface area contributed by atoms with Crippen LogP contribution >= 0.6 is 0 Å². The highest BCUT2D eigenvalue weighted by atomic mass is 19.1. The number of ether oxygens (including phenoxy) is 1. The van der Waals surface area contributed by atoms with Crippen molar-refractivity contribution >= 4 is 11.4 Å². The summed E-state index contributed by atoms with van der Waals surface area (Å²) < 4.78 is 35.3. The van der Waals surface area contributed by atoms with E-state index in [0.29, 0.717) is 28.2 Å². The number of aryl methyl sites for hydroxylation is 1. The summed E-state index contributed by atoms with van der Waals surface area (Å²) in [6.45, 7) is 2.27. The van der Waals surface area contributed by atoms with Gasteiger partial charge in [0.05, 0.1) is 24.5 Å². The minimum absolute atomic E-state index is 0.0671. The summed E-state index contributed by atoms with van der Waals surface area (Å²) in [7, 11) is 0. The number of aliphatic hydroxyl groups excluding tert-OH is 3. The van der Waals surface area contributed by atoms with Crippen molar-refractivity contribution in [2.24, 2.45) is 0 Å². The molecule has 0 bridgehead atoms. The zero-order valence-electron chi connectivity index (χ0n) is 20.5. The van der Waals surface area contributed by atoms with E-state index in [0.717, 1.165) is 12.1 Å². The topological polar surface area (TPSA) is 104 Å². The lowest BCUT2D eigenvalue weighted by Gasteiger charge is -2.28. The van der Waals surface area contributed by atoms with Crippen LogP contribution < -0.4 is 4.74 Å². The van der Waals surface area contributed by atoms with Gasteiger partial charge in [-0.05, 0) is 42.3 Å². The summed E-state index contributed by atoms with van der Waals surface area (Å²) in [6.07, 6.45) is 0.506. The summed E-state index contributed by atoms with van der Waals surface area (Å²) in [6, 6.07) is 13.6. The van der Waals surface area contributed by atoms with E-state index < -0.39 is 29.8 Å². The number of halogens is 2. The fourth-order valence-electron chi connectivity index (χ4n) is 4.34. The predicted molar refractivity (Wildman–Crippen MR) is 132 cm³/mol. The Morgan fingerprint density at radius 3 is 2.49 bits per heavy atom. The highest BCUT2D eigenvalue weighted by Crippen LogP contribution is 2.32. The number of aromatic nitrogens is 2. The van der Waals surface area contributed by atoms with Crippen LogP contribution in [0.1, 0.15) is 52.3 Å². The maximum atomic E-state index is 14.0. The van der Waals surface area contributed by atoms with Crippen LogP contribution in [0.25, 0.3) is 5.65 Å². The van der Waals surface area contributed by atoms with Gasteiger partial charge in [-0.3, -0.25) is 9.20 Å². The van der Waals surface area contributed by atoms with Gasteiger partial charge in [0.2, 0.25) is 0 Å². The molecule has 0 amide bonds. The number of carbonyl (C=O) groups is 1. The number of imidazole rings is 1. The number of nitrogens with zero attached hydrogens (tertiary/aromatic N) is 2. The molecule has 0 aliphatic heterocycles. The zero-order valence-corrected chi connectivity index (χ0v) is 20.5. The highest BCUT2D eigenvalue weighted by molar-refractivity contribution is 5.97. The van der Waals surface area contributed by atoms with E-state index in [2.05, 4.69) is 4.98 Å². The van der Waals surface area contributed by atoms with Crippen molar-refractivity contribution in [3.8, 4) is 5.75 Å². The minimum atomic E-state index is -1.07. The predicted octanol–water partition coefficient (Wildman–Crippen LogP) is 4.05. The molecule has 2 aromatic heterocycles. The Kier molecular flexibility index (Phi) is 7.68. The fraction of sp³-hybridized carbons (Fsp3) is 0.286. The van der Waals surface area contributed by atoms with Crippen LogP contribution in [0.3, 0.4) is 0 Å². The van der Waals surface area contributed by atoms with Crippen LogP contribution in [0.2, 0.25) is 0 Å². The van der Waals surface area contributed by atoms with Crippen LogP contribution in [0.15, 0.2) is 60.8 Å². The summed E-state index contributed by atoms with van der Waals surface area (Å²) in [5.41, 5.74) is 0.971. The smallest absolute Gasteiger partial charge is 0.182 e. The van der Waals surface area contributed by atoms with E-state index >= 15 is 0 Å². The Morgan fingerprint density at radius 2 is 1.81 bits per heavy atom. The van der Waals surface area contributed by atoms with Gasteiger partial charge in [-0.15, -0.1) is 0 Å². The Labute approximate surface area is 212 Å². The lowest BCUT2D eigenvalue weighted by Crippen LogP contribution is -2.31. The van der Waals surface area contributed by atoms with Crippen LogP contribution in [-0.2, 0) is 12.0 Å². The first-order chi connectivity index (χ1) is 17.7. The third-order valence-corrected chi connectivity index (χ3v) is 6.53. The highest BCUT2D eigenvalue weighted by Gasteiger charge is 2.32. The van der Waals surface area contributed by atoms with Gasteiger partial charge in [-0.1, -0.05) is 37.3 Å². The van der Waals surface area contributed by atoms with Gasteiger partial charge in [0.15, 0.2) is 17.2 Å². The molecule has 0 saturated carbocycles. The number of aliphatic hydroxyl groups is 3. The molecular formula is C28H28F2N2O5. The minimum Gasteiger partial charge on any atom is -0.485 e. The number of carbonyl (C=O) groups excluding carboxylic acids is 1. The molecule has 0 saturated heterocycles. The largest absolute Gasteiger partial charge is 0.485 e. The Balaban J connectivity index is 1.63. The Bertz CT molecular complexity index is 1420. The zero-order chi connectivity index (χ0) is 26.7. The molecule has 37 heavy (non-hydrogen) atoms. The third-order valence-electron chi connectivity index (χ3n) is 6.53.